The fraction of sp³-hybridized carbons (Fsp3) is 0.167. The van der Waals surface area contributed by atoms with Crippen LogP contribution in [0.1, 0.15) is 0 Å². The van der Waals surface area contributed by atoms with Gasteiger partial charge in [-0.2, -0.15) is 0 Å². The highest BCUT2D eigenvalue weighted by Crippen LogP contribution is 2.29. The number of hydrogen-bond acceptors (Lipinski definition) is 6. The van der Waals surface area contributed by atoms with Crippen LogP contribution < -0.4 is 9.04 Å². The van der Waals surface area contributed by atoms with Crippen molar-refractivity contribution in [3.63, 3.8) is 0 Å². The summed E-state index contributed by atoms with van der Waals surface area (Å²) >= 11 is 13.1. The number of aromatic nitrogens is 1. The second-order valence-electron chi connectivity index (χ2n) is 5.70. The molecule has 1 aromatic heterocycles. The Kier molecular flexibility index (Phi) is 6.79. The first-order chi connectivity index (χ1) is 13.4. The molecule has 0 aliphatic heterocycles. The normalized spacial score (nSPS) is 12.5. The van der Waals surface area contributed by atoms with E-state index in [0.717, 1.165) is 15.6 Å². The van der Waals surface area contributed by atoms with Crippen molar-refractivity contribution in [2.45, 2.75) is 11.0 Å². The molecule has 6 nitrogen and oxygen atoms in total. The van der Waals surface area contributed by atoms with Gasteiger partial charge in [-0.1, -0.05) is 41.4 Å². The topological polar surface area (TPSA) is 79.7 Å². The first kappa shape index (κ1) is 20.9. The van der Waals surface area contributed by atoms with E-state index in [-0.39, 0.29) is 23.2 Å². The lowest BCUT2D eigenvalue weighted by Gasteiger charge is -2.24. The summed E-state index contributed by atoms with van der Waals surface area (Å²) in [5.41, 5.74) is 0. The lowest BCUT2D eigenvalue weighted by molar-refractivity contribution is 0.115. The van der Waals surface area contributed by atoms with Gasteiger partial charge in [0.1, 0.15) is 18.5 Å². The number of sulfonamides is 1. The maximum atomic E-state index is 13.0. The number of aliphatic hydroxyl groups excluding tert-OH is 1. The fourth-order valence-electron chi connectivity index (χ4n) is 2.36. The smallest absolute Gasteiger partial charge is 0.266 e. The van der Waals surface area contributed by atoms with Crippen LogP contribution in [-0.2, 0) is 10.0 Å². The van der Waals surface area contributed by atoms with Crippen molar-refractivity contribution in [3.05, 3.63) is 70.2 Å². The van der Waals surface area contributed by atoms with E-state index < -0.39 is 16.1 Å². The molecule has 0 bridgehead atoms. The molecule has 0 aliphatic rings. The van der Waals surface area contributed by atoms with Crippen LogP contribution in [0.25, 0.3) is 0 Å². The molecule has 28 heavy (non-hydrogen) atoms. The van der Waals surface area contributed by atoms with Crippen LogP contribution in [0.4, 0.5) is 5.13 Å². The van der Waals surface area contributed by atoms with Gasteiger partial charge in [0.15, 0.2) is 5.13 Å². The van der Waals surface area contributed by atoms with E-state index in [4.69, 9.17) is 27.9 Å². The zero-order valence-electron chi connectivity index (χ0n) is 14.4. The summed E-state index contributed by atoms with van der Waals surface area (Å²) in [7, 11) is -3.90. The third-order valence-corrected chi connectivity index (χ3v) is 6.89. The van der Waals surface area contributed by atoms with Crippen molar-refractivity contribution in [1.29, 1.82) is 0 Å². The molecule has 3 rings (SSSR count). The average Bonchev–Trinajstić information content (AvgIpc) is 3.21. The lowest BCUT2D eigenvalue weighted by atomic mass is 10.3. The first-order valence-electron chi connectivity index (χ1n) is 8.11. The Morgan fingerprint density at radius 1 is 1.18 bits per heavy atom. The Morgan fingerprint density at radius 3 is 2.61 bits per heavy atom. The Hall–Kier alpha value is -1.84. The molecule has 0 aliphatic carbocycles. The SMILES string of the molecule is O=S(=O)(c1ccccc1)N(CC(O)COc1cc(Cl)ccc1Cl)c1nccs1. The minimum atomic E-state index is -3.90. The average molecular weight is 459 g/mol. The fourth-order valence-corrected chi connectivity index (χ4v) is 5.05. The van der Waals surface area contributed by atoms with Crippen LogP contribution in [0.5, 0.6) is 5.75 Å². The number of rotatable bonds is 8. The molecule has 10 heteroatoms. The van der Waals surface area contributed by atoms with Crippen molar-refractivity contribution in [2.24, 2.45) is 0 Å². The van der Waals surface area contributed by atoms with Crippen molar-refractivity contribution in [2.75, 3.05) is 17.5 Å². The number of nitrogens with zero attached hydrogens (tertiary/aromatic N) is 2. The van der Waals surface area contributed by atoms with Crippen LogP contribution >= 0.6 is 34.5 Å². The van der Waals surface area contributed by atoms with Gasteiger partial charge in [-0.05, 0) is 24.3 Å². The summed E-state index contributed by atoms with van der Waals surface area (Å²) in [6, 6.07) is 12.7. The molecule has 1 atom stereocenters. The summed E-state index contributed by atoms with van der Waals surface area (Å²) < 4.78 is 32.7. The van der Waals surface area contributed by atoms with Gasteiger partial charge in [-0.3, -0.25) is 0 Å². The molecule has 148 valence electrons. The zero-order chi connectivity index (χ0) is 20.1. The quantitative estimate of drug-likeness (QED) is 0.549. The highest BCUT2D eigenvalue weighted by Gasteiger charge is 2.29. The highest BCUT2D eigenvalue weighted by atomic mass is 35.5. The largest absolute Gasteiger partial charge is 0.489 e. The number of ether oxygens (including phenoxy) is 1. The summed E-state index contributed by atoms with van der Waals surface area (Å²) in [5, 5.41) is 13.1. The van der Waals surface area contributed by atoms with Crippen molar-refractivity contribution >= 4 is 49.7 Å². The minimum absolute atomic E-state index is 0.108. The zero-order valence-corrected chi connectivity index (χ0v) is 17.5. The van der Waals surface area contributed by atoms with Crippen molar-refractivity contribution in [3.8, 4) is 5.75 Å². The van der Waals surface area contributed by atoms with Crippen LogP contribution in [0.15, 0.2) is 65.0 Å². The van der Waals surface area contributed by atoms with E-state index in [9.17, 15) is 13.5 Å². The first-order valence-corrected chi connectivity index (χ1v) is 11.2. The van der Waals surface area contributed by atoms with Gasteiger partial charge in [0.25, 0.3) is 10.0 Å². The summed E-state index contributed by atoms with van der Waals surface area (Å²) in [6.07, 6.45) is 0.375. The van der Waals surface area contributed by atoms with Gasteiger partial charge in [-0.25, -0.2) is 17.7 Å². The molecule has 3 aromatic rings. The minimum Gasteiger partial charge on any atom is -0.489 e. The Bertz CT molecular complexity index is 1020. The molecule has 1 unspecified atom stereocenters. The van der Waals surface area contributed by atoms with Gasteiger partial charge in [0.05, 0.1) is 16.5 Å². The molecule has 0 saturated carbocycles. The van der Waals surface area contributed by atoms with Crippen LogP contribution in [0, 0.1) is 0 Å². The van der Waals surface area contributed by atoms with Crippen LogP contribution in [0.3, 0.4) is 0 Å². The molecule has 0 spiro atoms. The highest BCUT2D eigenvalue weighted by molar-refractivity contribution is 7.93. The van der Waals surface area contributed by atoms with Gasteiger partial charge in [0.2, 0.25) is 0 Å². The number of anilines is 1. The summed E-state index contributed by atoms with van der Waals surface area (Å²) in [5.74, 6) is 0.305. The molecular formula is C18H16Cl2N2O4S2. The Morgan fingerprint density at radius 2 is 1.93 bits per heavy atom. The van der Waals surface area contributed by atoms with Crippen molar-refractivity contribution in [1.82, 2.24) is 4.98 Å². The van der Waals surface area contributed by atoms with E-state index in [1.54, 1.807) is 35.7 Å². The molecule has 0 amide bonds. The molecule has 0 saturated heterocycles. The summed E-state index contributed by atoms with van der Waals surface area (Å²) in [6.45, 7) is -0.408. The molecule has 1 heterocycles. The van der Waals surface area contributed by atoms with Gasteiger partial charge in [0, 0.05) is 22.7 Å². The maximum Gasteiger partial charge on any atom is 0.266 e. The van der Waals surface area contributed by atoms with E-state index in [0.29, 0.717) is 15.8 Å². The predicted octanol–water partition coefficient (Wildman–Crippen LogP) is 4.09. The number of halogens is 2. The molecule has 0 radical (unpaired) electrons. The van der Waals surface area contributed by atoms with E-state index >= 15 is 0 Å². The lowest BCUT2D eigenvalue weighted by Crippen LogP contribution is -2.39. The van der Waals surface area contributed by atoms with Gasteiger partial charge in [-0.15, -0.1) is 11.3 Å². The molecule has 2 aromatic carbocycles. The molecule has 0 fully saturated rings. The third-order valence-electron chi connectivity index (χ3n) is 3.66. The van der Waals surface area contributed by atoms with Crippen molar-refractivity contribution < 1.29 is 18.3 Å². The van der Waals surface area contributed by atoms with Crippen LogP contribution in [0.2, 0.25) is 10.0 Å². The Labute approximate surface area is 177 Å². The Balaban J connectivity index is 1.78. The standard InChI is InChI=1S/C18H16Cl2N2O4S2/c19-13-6-7-16(20)17(10-13)26-12-14(23)11-22(18-21-8-9-27-18)28(24,25)15-4-2-1-3-5-15/h1-10,14,23H,11-12H2. The summed E-state index contributed by atoms with van der Waals surface area (Å²) in [4.78, 5) is 4.19. The third kappa shape index (κ3) is 4.95. The number of hydrogen-bond donors (Lipinski definition) is 1. The predicted molar refractivity (Wildman–Crippen MR) is 111 cm³/mol. The molecule has 1 N–H and O–H groups in total. The van der Waals surface area contributed by atoms with E-state index in [1.165, 1.54) is 24.4 Å². The second-order valence-corrected chi connectivity index (χ2v) is 9.28. The second kappa shape index (κ2) is 9.11. The van der Waals surface area contributed by atoms with E-state index in [2.05, 4.69) is 4.98 Å². The maximum absolute atomic E-state index is 13.0. The monoisotopic (exact) mass is 458 g/mol. The number of benzene rings is 2. The van der Waals surface area contributed by atoms with E-state index in [1.807, 2.05) is 0 Å². The number of aliphatic hydroxyl groups is 1. The number of thiazole rings is 1. The van der Waals surface area contributed by atoms with Crippen LogP contribution in [-0.4, -0.2) is 37.8 Å². The van der Waals surface area contributed by atoms with Gasteiger partial charge >= 0.3 is 0 Å². The molecular weight excluding hydrogens is 443 g/mol. The van der Waals surface area contributed by atoms with Gasteiger partial charge < -0.3 is 9.84 Å².